The van der Waals surface area contributed by atoms with Gasteiger partial charge in [-0.3, -0.25) is 0 Å². The van der Waals surface area contributed by atoms with E-state index in [0.29, 0.717) is 0 Å². The van der Waals surface area contributed by atoms with Crippen LogP contribution in [0.2, 0.25) is 0 Å². The van der Waals surface area contributed by atoms with Crippen LogP contribution in [0.3, 0.4) is 0 Å². The largest absolute Gasteiger partial charge is 0.0654 e. The van der Waals surface area contributed by atoms with E-state index in [-0.39, 0.29) is 0 Å². The Bertz CT molecular complexity index is 700. The summed E-state index contributed by atoms with van der Waals surface area (Å²) >= 11 is 0. The molecule has 0 atom stereocenters. The van der Waals surface area contributed by atoms with Crippen LogP contribution in [0.4, 0.5) is 0 Å². The van der Waals surface area contributed by atoms with E-state index in [4.69, 9.17) is 0 Å². The van der Waals surface area contributed by atoms with Crippen molar-refractivity contribution < 1.29 is 0 Å². The van der Waals surface area contributed by atoms with Crippen LogP contribution in [-0.4, -0.2) is 0 Å². The van der Waals surface area contributed by atoms with Gasteiger partial charge >= 0.3 is 0 Å². The minimum atomic E-state index is 1.09. The summed E-state index contributed by atoms with van der Waals surface area (Å²) in [6.07, 6.45) is 63.6. The summed E-state index contributed by atoms with van der Waals surface area (Å²) in [5, 5.41) is 0. The van der Waals surface area contributed by atoms with Crippen LogP contribution in [0.5, 0.6) is 0 Å². The van der Waals surface area contributed by atoms with Crippen LogP contribution >= 0.6 is 0 Å². The lowest BCUT2D eigenvalue weighted by Gasteiger charge is -2.30. The lowest BCUT2D eigenvalue weighted by atomic mass is 9.76. The highest BCUT2D eigenvalue weighted by atomic mass is 14.3. The van der Waals surface area contributed by atoms with Crippen molar-refractivity contribution in [1.29, 1.82) is 0 Å². The Kier molecular flexibility index (Phi) is 29.5. The molecule has 0 heterocycles. The van der Waals surface area contributed by atoms with Gasteiger partial charge in [0.1, 0.15) is 0 Å². The minimum Gasteiger partial charge on any atom is -0.0654 e. The van der Waals surface area contributed by atoms with E-state index in [2.05, 4.69) is 27.7 Å². The first-order valence-corrected chi connectivity index (χ1v) is 26.6. The molecule has 0 aliphatic heterocycles. The minimum absolute atomic E-state index is 1.09. The average Bonchev–Trinajstić information content (AvgIpc) is 3.21. The van der Waals surface area contributed by atoms with Crippen LogP contribution in [0.15, 0.2) is 0 Å². The predicted molar refractivity (Wildman–Crippen MR) is 245 cm³/mol. The highest BCUT2D eigenvalue weighted by Gasteiger charge is 2.24. The van der Waals surface area contributed by atoms with E-state index in [1.54, 1.807) is 128 Å². The van der Waals surface area contributed by atoms with Gasteiger partial charge < -0.3 is 0 Å². The van der Waals surface area contributed by atoms with Gasteiger partial charge in [0.25, 0.3) is 0 Å². The number of unbranched alkanes of at least 4 members (excludes halogenated alkanes) is 12. The fraction of sp³-hybridized carbons (Fsp3) is 1.00. The predicted octanol–water partition coefficient (Wildman–Crippen LogP) is 19.4. The van der Waals surface area contributed by atoms with Gasteiger partial charge in [-0.1, -0.05) is 297 Å². The molecule has 4 rings (SSSR count). The molecule has 0 radical (unpaired) electrons. The highest BCUT2D eigenvalue weighted by molar-refractivity contribution is 4.77. The second-order valence-electron chi connectivity index (χ2n) is 20.8. The lowest BCUT2D eigenvalue weighted by molar-refractivity contribution is 0.230. The fourth-order valence-electron chi connectivity index (χ4n) is 12.1. The van der Waals surface area contributed by atoms with E-state index < -0.39 is 0 Å². The van der Waals surface area contributed by atoms with Gasteiger partial charge in [-0.2, -0.15) is 0 Å². The molecule has 0 aromatic carbocycles. The Hall–Kier alpha value is 0. The monoisotopic (exact) mass is 753 g/mol. The van der Waals surface area contributed by atoms with Crippen LogP contribution < -0.4 is 0 Å². The molecule has 0 aromatic heterocycles. The fourth-order valence-corrected chi connectivity index (χ4v) is 12.1. The zero-order valence-corrected chi connectivity index (χ0v) is 38.3. The third-order valence-corrected chi connectivity index (χ3v) is 16.2. The van der Waals surface area contributed by atoms with E-state index >= 15 is 0 Å². The Labute approximate surface area is 343 Å². The first-order valence-electron chi connectivity index (χ1n) is 26.6. The molecule has 0 unspecified atom stereocenters. The Morgan fingerprint density at radius 2 is 0.315 bits per heavy atom. The van der Waals surface area contributed by atoms with Crippen molar-refractivity contribution in [3.8, 4) is 0 Å². The summed E-state index contributed by atoms with van der Waals surface area (Å²) < 4.78 is 0. The molecule has 0 aromatic rings. The molecule has 0 bridgehead atoms. The Morgan fingerprint density at radius 3 is 0.463 bits per heavy atom. The van der Waals surface area contributed by atoms with Crippen molar-refractivity contribution in [1.82, 2.24) is 0 Å². The SMILES string of the molecule is CCCCCC1CCC(CCCCC2CCC(CCCCC)CC2)CC1.CCCCCC1CCC(CCCCCCC2CCC(CCCCC)CC2)CC1. The molecule has 4 aliphatic rings. The van der Waals surface area contributed by atoms with Crippen LogP contribution in [0.25, 0.3) is 0 Å². The molecule has 4 saturated carbocycles. The zero-order chi connectivity index (χ0) is 38.3. The molecule has 0 saturated heterocycles. The second-order valence-corrected chi connectivity index (χ2v) is 20.8. The number of hydrogen-bond acceptors (Lipinski definition) is 0. The molecular formula is C54H104. The maximum atomic E-state index is 2.33. The molecule has 0 heteroatoms. The number of rotatable bonds is 28. The second kappa shape index (κ2) is 32.9. The Morgan fingerprint density at radius 1 is 0.185 bits per heavy atom. The van der Waals surface area contributed by atoms with Crippen LogP contribution in [0.1, 0.15) is 297 Å². The smallest absolute Gasteiger partial charge is 0.0414 e. The first-order chi connectivity index (χ1) is 26.6. The van der Waals surface area contributed by atoms with Gasteiger partial charge in [-0.15, -0.1) is 0 Å². The van der Waals surface area contributed by atoms with Gasteiger partial charge in [-0.05, 0) is 47.3 Å². The normalized spacial score (nSPS) is 29.1. The van der Waals surface area contributed by atoms with Crippen molar-refractivity contribution in [2.24, 2.45) is 47.3 Å². The van der Waals surface area contributed by atoms with Crippen molar-refractivity contribution in [3.05, 3.63) is 0 Å². The third-order valence-electron chi connectivity index (χ3n) is 16.2. The molecular weight excluding hydrogens is 649 g/mol. The van der Waals surface area contributed by atoms with E-state index in [9.17, 15) is 0 Å². The summed E-state index contributed by atoms with van der Waals surface area (Å²) in [7, 11) is 0. The number of hydrogen-bond donors (Lipinski definition) is 0. The molecule has 320 valence electrons. The molecule has 0 nitrogen and oxygen atoms in total. The van der Waals surface area contributed by atoms with Crippen molar-refractivity contribution in [3.63, 3.8) is 0 Å². The molecule has 54 heavy (non-hydrogen) atoms. The van der Waals surface area contributed by atoms with E-state index in [0.717, 1.165) is 47.3 Å². The van der Waals surface area contributed by atoms with E-state index in [1.165, 1.54) is 141 Å². The van der Waals surface area contributed by atoms with Gasteiger partial charge in [0.05, 0.1) is 0 Å². The van der Waals surface area contributed by atoms with Gasteiger partial charge in [0, 0.05) is 0 Å². The topological polar surface area (TPSA) is 0 Å². The average molecular weight is 753 g/mol. The van der Waals surface area contributed by atoms with Crippen molar-refractivity contribution in [2.45, 2.75) is 297 Å². The third kappa shape index (κ3) is 23.4. The van der Waals surface area contributed by atoms with Crippen LogP contribution in [-0.2, 0) is 0 Å². The quantitative estimate of drug-likeness (QED) is 0.0698. The first kappa shape index (κ1) is 48.4. The van der Waals surface area contributed by atoms with Gasteiger partial charge in [0.2, 0.25) is 0 Å². The maximum Gasteiger partial charge on any atom is -0.0414 e. The standard InChI is InChI=1S/C28H54.C26H50/c1-3-5-9-13-25-17-21-27(22-18-25)15-11-7-8-12-16-28-23-19-26(20-24-28)14-10-6-4-2;1-3-5-7-11-23-15-19-25(20-16-23)13-9-10-14-26-21-17-24(18-22-26)12-8-6-4-2/h25-28H,3-24H2,1-2H3;23-26H,3-22H2,1-2H3. The van der Waals surface area contributed by atoms with Crippen LogP contribution in [0, 0.1) is 47.3 Å². The van der Waals surface area contributed by atoms with Crippen molar-refractivity contribution >= 4 is 0 Å². The summed E-state index contributed by atoms with van der Waals surface area (Å²) in [6.45, 7) is 9.32. The summed E-state index contributed by atoms with van der Waals surface area (Å²) in [6, 6.07) is 0. The molecule has 4 aliphatic carbocycles. The molecule has 0 N–H and O–H groups in total. The summed E-state index contributed by atoms with van der Waals surface area (Å²) in [5.74, 6) is 8.71. The van der Waals surface area contributed by atoms with Crippen molar-refractivity contribution in [2.75, 3.05) is 0 Å². The highest BCUT2D eigenvalue weighted by Crippen LogP contribution is 2.38. The van der Waals surface area contributed by atoms with E-state index in [1.807, 2.05) is 0 Å². The lowest BCUT2D eigenvalue weighted by Crippen LogP contribution is -2.15. The molecule has 0 spiro atoms. The molecule has 4 fully saturated rings. The zero-order valence-electron chi connectivity index (χ0n) is 38.3. The van der Waals surface area contributed by atoms with Gasteiger partial charge in [0.15, 0.2) is 0 Å². The Balaban J connectivity index is 0.000000291. The molecule has 0 amide bonds. The van der Waals surface area contributed by atoms with Gasteiger partial charge in [-0.25, -0.2) is 0 Å². The summed E-state index contributed by atoms with van der Waals surface area (Å²) in [4.78, 5) is 0. The maximum absolute atomic E-state index is 2.33. The summed E-state index contributed by atoms with van der Waals surface area (Å²) in [5.41, 5.74) is 0.